The Balaban J connectivity index is 2.10. The highest BCUT2D eigenvalue weighted by molar-refractivity contribution is 5.38. The summed E-state index contributed by atoms with van der Waals surface area (Å²) in [6, 6.07) is 4.62. The van der Waals surface area contributed by atoms with Crippen molar-refractivity contribution in [2.75, 3.05) is 7.11 Å². The van der Waals surface area contributed by atoms with Gasteiger partial charge in [-0.3, -0.25) is 0 Å². The van der Waals surface area contributed by atoms with Crippen LogP contribution >= 0.6 is 0 Å². The molecule has 2 N–H and O–H groups in total. The summed E-state index contributed by atoms with van der Waals surface area (Å²) in [5, 5.41) is 0. The minimum Gasteiger partial charge on any atom is -0.380 e. The number of nitrogens with two attached hydrogens (primary N) is 1. The van der Waals surface area contributed by atoms with E-state index in [0.717, 1.165) is 6.42 Å². The van der Waals surface area contributed by atoms with E-state index in [1.807, 2.05) is 7.11 Å². The molecule has 0 bridgehead atoms. The van der Waals surface area contributed by atoms with Gasteiger partial charge in [-0.05, 0) is 62.6 Å². The fourth-order valence-electron chi connectivity index (χ4n) is 4.06. The van der Waals surface area contributed by atoms with Crippen LogP contribution < -0.4 is 5.73 Å². The van der Waals surface area contributed by atoms with Crippen LogP contribution in [0.1, 0.15) is 54.4 Å². The summed E-state index contributed by atoms with van der Waals surface area (Å²) in [5.41, 5.74) is 12.0. The molecule has 0 radical (unpaired) electrons. The number of aryl methyl sites for hydroxylation is 3. The van der Waals surface area contributed by atoms with Crippen LogP contribution in [0.5, 0.6) is 0 Å². The molecule has 2 heteroatoms. The first kappa shape index (κ1) is 16.5. The minimum absolute atomic E-state index is 0.0956. The van der Waals surface area contributed by atoms with Gasteiger partial charge in [0.05, 0.1) is 6.10 Å². The van der Waals surface area contributed by atoms with Crippen LogP contribution in [0.25, 0.3) is 0 Å². The molecule has 0 spiro atoms. The van der Waals surface area contributed by atoms with Gasteiger partial charge < -0.3 is 10.5 Å². The first-order valence-electron chi connectivity index (χ1n) is 8.38. The van der Waals surface area contributed by atoms with E-state index >= 15 is 0 Å². The zero-order chi connectivity index (χ0) is 15.4. The van der Waals surface area contributed by atoms with Crippen LogP contribution in [0.2, 0.25) is 0 Å². The predicted molar refractivity (Wildman–Crippen MR) is 89.7 cm³/mol. The minimum atomic E-state index is 0.0956. The van der Waals surface area contributed by atoms with Gasteiger partial charge in [-0.1, -0.05) is 37.0 Å². The molecule has 2 rings (SSSR count). The Kier molecular flexibility index (Phi) is 5.83. The largest absolute Gasteiger partial charge is 0.380 e. The molecule has 2 nitrogen and oxygen atoms in total. The topological polar surface area (TPSA) is 35.2 Å². The lowest BCUT2D eigenvalue weighted by molar-refractivity contribution is 0.0178. The maximum Gasteiger partial charge on any atom is 0.0753 e. The monoisotopic (exact) mass is 289 g/mol. The van der Waals surface area contributed by atoms with Gasteiger partial charge in [0.1, 0.15) is 0 Å². The Morgan fingerprint density at radius 3 is 2.19 bits per heavy atom. The SMILES string of the molecule is COC(C(N)Cc1c(C)cc(C)cc1C)C1CCCCC1. The molecule has 2 atom stereocenters. The van der Waals surface area contributed by atoms with Crippen LogP contribution in [0.4, 0.5) is 0 Å². The summed E-state index contributed by atoms with van der Waals surface area (Å²) in [5.74, 6) is 0.643. The van der Waals surface area contributed by atoms with Crippen LogP contribution in [-0.2, 0) is 11.2 Å². The molecule has 1 saturated carbocycles. The fourth-order valence-corrected chi connectivity index (χ4v) is 4.06. The number of hydrogen-bond donors (Lipinski definition) is 1. The van der Waals surface area contributed by atoms with Gasteiger partial charge in [0, 0.05) is 13.2 Å². The highest BCUT2D eigenvalue weighted by atomic mass is 16.5. The normalized spacial score (nSPS) is 19.5. The summed E-state index contributed by atoms with van der Waals surface area (Å²) < 4.78 is 5.80. The molecule has 1 aliphatic carbocycles. The first-order valence-corrected chi connectivity index (χ1v) is 8.38. The second-order valence-electron chi connectivity index (χ2n) is 6.84. The second kappa shape index (κ2) is 7.42. The van der Waals surface area contributed by atoms with Crippen LogP contribution in [-0.4, -0.2) is 19.3 Å². The summed E-state index contributed by atoms with van der Waals surface area (Å²) in [4.78, 5) is 0. The molecular weight excluding hydrogens is 258 g/mol. The molecule has 1 fully saturated rings. The van der Waals surface area contributed by atoms with Crippen molar-refractivity contribution < 1.29 is 4.74 Å². The number of hydrogen-bond acceptors (Lipinski definition) is 2. The highest BCUT2D eigenvalue weighted by Crippen LogP contribution is 2.30. The van der Waals surface area contributed by atoms with Crippen molar-refractivity contribution in [3.8, 4) is 0 Å². The lowest BCUT2D eigenvalue weighted by Crippen LogP contribution is -2.43. The standard InChI is InChI=1S/C19H31NO/c1-13-10-14(2)17(15(3)11-13)12-18(20)19(21-4)16-8-6-5-7-9-16/h10-11,16,18-19H,5-9,12,20H2,1-4H3. The van der Waals surface area contributed by atoms with Gasteiger partial charge in [-0.2, -0.15) is 0 Å². The average Bonchev–Trinajstić information content (AvgIpc) is 2.45. The van der Waals surface area contributed by atoms with Crippen molar-refractivity contribution in [2.45, 2.75) is 71.4 Å². The zero-order valence-corrected chi connectivity index (χ0v) is 14.1. The third-order valence-corrected chi connectivity index (χ3v) is 5.09. The second-order valence-corrected chi connectivity index (χ2v) is 6.84. The third-order valence-electron chi connectivity index (χ3n) is 5.09. The van der Waals surface area contributed by atoms with E-state index in [9.17, 15) is 0 Å². The van der Waals surface area contributed by atoms with Crippen molar-refractivity contribution in [1.82, 2.24) is 0 Å². The molecule has 1 aromatic carbocycles. The molecule has 0 saturated heterocycles. The predicted octanol–water partition coefficient (Wildman–Crippen LogP) is 4.08. The van der Waals surface area contributed by atoms with Gasteiger partial charge in [0.25, 0.3) is 0 Å². The molecule has 2 unspecified atom stereocenters. The van der Waals surface area contributed by atoms with E-state index in [2.05, 4.69) is 32.9 Å². The van der Waals surface area contributed by atoms with Gasteiger partial charge in [-0.15, -0.1) is 0 Å². The molecule has 0 heterocycles. The molecule has 118 valence electrons. The van der Waals surface area contributed by atoms with E-state index in [0.29, 0.717) is 5.92 Å². The number of ether oxygens (including phenoxy) is 1. The number of rotatable bonds is 5. The molecule has 0 amide bonds. The van der Waals surface area contributed by atoms with E-state index in [4.69, 9.17) is 10.5 Å². The average molecular weight is 289 g/mol. The fraction of sp³-hybridized carbons (Fsp3) is 0.684. The Bertz CT molecular complexity index is 440. The summed E-state index contributed by atoms with van der Waals surface area (Å²) in [6.45, 7) is 6.55. The number of benzene rings is 1. The Morgan fingerprint density at radius 1 is 1.10 bits per heavy atom. The summed E-state index contributed by atoms with van der Waals surface area (Å²) in [6.07, 6.45) is 7.71. The maximum absolute atomic E-state index is 6.54. The van der Waals surface area contributed by atoms with Crippen molar-refractivity contribution in [3.63, 3.8) is 0 Å². The van der Waals surface area contributed by atoms with Gasteiger partial charge in [0.15, 0.2) is 0 Å². The molecular formula is C19H31NO. The van der Waals surface area contributed by atoms with Crippen molar-refractivity contribution in [1.29, 1.82) is 0 Å². The maximum atomic E-state index is 6.54. The molecule has 1 aliphatic rings. The molecule has 1 aromatic rings. The van der Waals surface area contributed by atoms with Crippen LogP contribution in [0.15, 0.2) is 12.1 Å². The first-order chi connectivity index (χ1) is 10.0. The quantitative estimate of drug-likeness (QED) is 0.886. The van der Waals surface area contributed by atoms with Crippen LogP contribution in [0, 0.1) is 26.7 Å². The van der Waals surface area contributed by atoms with Crippen molar-refractivity contribution >= 4 is 0 Å². The van der Waals surface area contributed by atoms with E-state index in [1.54, 1.807) is 0 Å². The zero-order valence-electron chi connectivity index (χ0n) is 14.1. The Morgan fingerprint density at radius 2 is 1.67 bits per heavy atom. The number of methoxy groups -OCH3 is 1. The van der Waals surface area contributed by atoms with Gasteiger partial charge in [-0.25, -0.2) is 0 Å². The summed E-state index contributed by atoms with van der Waals surface area (Å²) in [7, 11) is 1.83. The van der Waals surface area contributed by atoms with Gasteiger partial charge >= 0.3 is 0 Å². The van der Waals surface area contributed by atoms with Gasteiger partial charge in [0.2, 0.25) is 0 Å². The lowest BCUT2D eigenvalue weighted by atomic mass is 9.80. The van der Waals surface area contributed by atoms with Crippen LogP contribution in [0.3, 0.4) is 0 Å². The Labute approximate surface area is 130 Å². The molecule has 21 heavy (non-hydrogen) atoms. The smallest absolute Gasteiger partial charge is 0.0753 e. The molecule has 0 aromatic heterocycles. The third kappa shape index (κ3) is 4.08. The van der Waals surface area contributed by atoms with Crippen molar-refractivity contribution in [3.05, 3.63) is 34.4 Å². The van der Waals surface area contributed by atoms with E-state index < -0.39 is 0 Å². The molecule has 0 aliphatic heterocycles. The van der Waals surface area contributed by atoms with E-state index in [1.165, 1.54) is 54.4 Å². The van der Waals surface area contributed by atoms with E-state index in [-0.39, 0.29) is 12.1 Å². The summed E-state index contributed by atoms with van der Waals surface area (Å²) >= 11 is 0. The lowest BCUT2D eigenvalue weighted by Gasteiger charge is -2.33. The Hall–Kier alpha value is -0.860. The van der Waals surface area contributed by atoms with Crippen molar-refractivity contribution in [2.24, 2.45) is 11.7 Å². The highest BCUT2D eigenvalue weighted by Gasteiger charge is 2.29.